The molecule has 13 heteroatoms. The van der Waals surface area contributed by atoms with Crippen molar-refractivity contribution in [2.75, 3.05) is 13.7 Å². The topological polar surface area (TPSA) is 163 Å². The number of carbonyl (C=O) groups is 1. The number of nitrogens with zero attached hydrogens (tertiary/aromatic N) is 4. The number of ether oxygens (including phenoxy) is 1. The fourth-order valence-electron chi connectivity index (χ4n) is 4.05. The third kappa shape index (κ3) is 4.69. The number of hydrogen-bond donors (Lipinski definition) is 3. The fourth-order valence-corrected chi connectivity index (χ4v) is 4.88. The van der Waals surface area contributed by atoms with Crippen molar-refractivity contribution in [2.45, 2.75) is 24.6 Å². The van der Waals surface area contributed by atoms with E-state index >= 15 is 0 Å². The molecule has 0 radical (unpaired) electrons. The van der Waals surface area contributed by atoms with Crippen LogP contribution in [-0.2, 0) is 22.3 Å². The van der Waals surface area contributed by atoms with E-state index in [1.54, 1.807) is 36.4 Å². The lowest BCUT2D eigenvalue weighted by Crippen LogP contribution is -2.40. The van der Waals surface area contributed by atoms with Crippen LogP contribution in [0.1, 0.15) is 29.7 Å². The summed E-state index contributed by atoms with van der Waals surface area (Å²) in [4.78, 5) is 33.2. The highest BCUT2D eigenvalue weighted by molar-refractivity contribution is 7.80. The van der Waals surface area contributed by atoms with Crippen LogP contribution in [0, 0.1) is 16.7 Å². The van der Waals surface area contributed by atoms with E-state index < -0.39 is 33.3 Å². The van der Waals surface area contributed by atoms with Gasteiger partial charge < -0.3 is 19.6 Å². The highest BCUT2D eigenvalue weighted by atomic mass is 35.5. The molecule has 2 aromatic heterocycles. The van der Waals surface area contributed by atoms with Gasteiger partial charge in [-0.15, -0.1) is 0 Å². The number of H-pyrrole nitrogens is 1. The Balaban J connectivity index is 1.53. The highest BCUT2D eigenvalue weighted by Crippen LogP contribution is 2.45. The molecule has 5 rings (SSSR count). The number of amides is 1. The molecule has 1 fully saturated rings. The zero-order valence-corrected chi connectivity index (χ0v) is 21.1. The van der Waals surface area contributed by atoms with Crippen LogP contribution in [0.3, 0.4) is 0 Å². The van der Waals surface area contributed by atoms with Crippen LogP contribution in [-0.4, -0.2) is 48.1 Å². The standard InChI is InChI=1S/C24H21ClN6O5S/c1-27-21(32)23(37(34)35)31-22(33)14-5-3-2-4-13(14)16(30-31)10-20-28-17-8-15(25)19(9-18(17)29-20)36-12-24(11-26)6-7-24/h2-5,8-9,23H,6-7,10,12H2,1H3,(H,27,32)(H,28,29)(H,34,35). The Hall–Kier alpha value is -3.79. The summed E-state index contributed by atoms with van der Waals surface area (Å²) in [5, 5.41) is 15.3. The van der Waals surface area contributed by atoms with Crippen molar-refractivity contribution in [2.24, 2.45) is 5.41 Å². The smallest absolute Gasteiger partial charge is 0.276 e. The molecule has 3 N–H and O–H groups in total. The molecule has 2 atom stereocenters. The van der Waals surface area contributed by atoms with Gasteiger partial charge in [-0.3, -0.25) is 9.59 Å². The van der Waals surface area contributed by atoms with Gasteiger partial charge in [0.2, 0.25) is 5.37 Å². The van der Waals surface area contributed by atoms with Gasteiger partial charge in [0.25, 0.3) is 11.5 Å². The van der Waals surface area contributed by atoms with Gasteiger partial charge in [-0.05, 0) is 25.0 Å². The minimum atomic E-state index is -2.70. The molecule has 0 aliphatic heterocycles. The van der Waals surface area contributed by atoms with E-state index in [9.17, 15) is 23.6 Å². The lowest BCUT2D eigenvalue weighted by molar-refractivity contribution is -0.121. The zero-order valence-electron chi connectivity index (χ0n) is 19.5. The first-order chi connectivity index (χ1) is 17.7. The predicted molar refractivity (Wildman–Crippen MR) is 137 cm³/mol. The Morgan fingerprint density at radius 3 is 2.76 bits per heavy atom. The van der Waals surface area contributed by atoms with Crippen LogP contribution in [0.25, 0.3) is 21.8 Å². The van der Waals surface area contributed by atoms with Gasteiger partial charge in [-0.1, -0.05) is 29.8 Å². The number of nitriles is 1. The lowest BCUT2D eigenvalue weighted by Gasteiger charge is -2.16. The van der Waals surface area contributed by atoms with Gasteiger partial charge in [0.05, 0.1) is 45.0 Å². The number of rotatable bonds is 8. The molecule has 0 saturated heterocycles. The van der Waals surface area contributed by atoms with Crippen LogP contribution in [0.4, 0.5) is 0 Å². The molecule has 0 spiro atoms. The molecule has 37 heavy (non-hydrogen) atoms. The number of aromatic nitrogens is 4. The van der Waals surface area contributed by atoms with Gasteiger partial charge in [0.1, 0.15) is 18.2 Å². The molecular weight excluding hydrogens is 520 g/mol. The van der Waals surface area contributed by atoms with Crippen molar-refractivity contribution in [1.29, 1.82) is 5.26 Å². The summed E-state index contributed by atoms with van der Waals surface area (Å²) in [5.41, 5.74) is 0.482. The van der Waals surface area contributed by atoms with Crippen molar-refractivity contribution in [1.82, 2.24) is 25.1 Å². The maximum absolute atomic E-state index is 13.1. The van der Waals surface area contributed by atoms with Crippen LogP contribution in [0.15, 0.2) is 41.2 Å². The minimum absolute atomic E-state index is 0.124. The summed E-state index contributed by atoms with van der Waals surface area (Å²) in [6.45, 7) is 0.252. The van der Waals surface area contributed by atoms with E-state index in [-0.39, 0.29) is 18.4 Å². The van der Waals surface area contributed by atoms with Crippen molar-refractivity contribution < 1.29 is 18.3 Å². The number of fused-ring (bicyclic) bond motifs is 2. The number of likely N-dealkylation sites (N-methyl/N-ethyl adjacent to an activating group) is 1. The van der Waals surface area contributed by atoms with Gasteiger partial charge in [-0.2, -0.15) is 10.4 Å². The van der Waals surface area contributed by atoms with E-state index in [1.165, 1.54) is 7.05 Å². The number of aromatic amines is 1. The van der Waals surface area contributed by atoms with Crippen LogP contribution in [0.2, 0.25) is 5.02 Å². The van der Waals surface area contributed by atoms with Crippen LogP contribution in [0.5, 0.6) is 5.75 Å². The molecule has 0 bridgehead atoms. The predicted octanol–water partition coefficient (Wildman–Crippen LogP) is 2.67. The second-order valence-electron chi connectivity index (χ2n) is 8.83. The molecule has 190 valence electrons. The molecule has 1 aliphatic rings. The second-order valence-corrected chi connectivity index (χ2v) is 10.2. The first kappa shape index (κ1) is 24.9. The van der Waals surface area contributed by atoms with Gasteiger partial charge in [0, 0.05) is 18.5 Å². The first-order valence-corrected chi connectivity index (χ1v) is 12.8. The molecule has 2 unspecified atom stereocenters. The summed E-state index contributed by atoms with van der Waals surface area (Å²) < 4.78 is 28.3. The Kier molecular flexibility index (Phi) is 6.45. The fraction of sp³-hybridized carbons (Fsp3) is 0.292. The Bertz CT molecular complexity index is 1670. The lowest BCUT2D eigenvalue weighted by atomic mass is 10.1. The number of imidazole rings is 1. The maximum atomic E-state index is 13.1. The summed E-state index contributed by atoms with van der Waals surface area (Å²) in [7, 11) is 1.30. The second kappa shape index (κ2) is 9.59. The molecule has 11 nitrogen and oxygen atoms in total. The summed E-state index contributed by atoms with van der Waals surface area (Å²) in [6, 6.07) is 12.3. The number of halogens is 1. The maximum Gasteiger partial charge on any atom is 0.276 e. The zero-order chi connectivity index (χ0) is 26.3. The average Bonchev–Trinajstić information content (AvgIpc) is 3.57. The molecule has 2 aromatic carbocycles. The van der Waals surface area contributed by atoms with Crippen molar-refractivity contribution in [3.8, 4) is 11.8 Å². The van der Waals surface area contributed by atoms with E-state index in [0.717, 1.165) is 17.5 Å². The van der Waals surface area contributed by atoms with Crippen LogP contribution < -0.4 is 15.6 Å². The number of nitrogens with one attached hydrogen (secondary N) is 2. The van der Waals surface area contributed by atoms with Gasteiger partial charge in [0.15, 0.2) is 11.1 Å². The van der Waals surface area contributed by atoms with E-state index in [4.69, 9.17) is 16.3 Å². The van der Waals surface area contributed by atoms with Crippen molar-refractivity contribution >= 4 is 50.4 Å². The Morgan fingerprint density at radius 1 is 1.38 bits per heavy atom. The van der Waals surface area contributed by atoms with Crippen molar-refractivity contribution in [3.63, 3.8) is 0 Å². The highest BCUT2D eigenvalue weighted by Gasteiger charge is 2.44. The van der Waals surface area contributed by atoms with E-state index in [1.807, 2.05) is 0 Å². The quantitative estimate of drug-likeness (QED) is 0.287. The monoisotopic (exact) mass is 540 g/mol. The molecule has 2 heterocycles. The summed E-state index contributed by atoms with van der Waals surface area (Å²) in [6.07, 6.45) is 1.71. The van der Waals surface area contributed by atoms with E-state index in [0.29, 0.717) is 38.7 Å². The largest absolute Gasteiger partial charge is 0.490 e. The van der Waals surface area contributed by atoms with Crippen LogP contribution >= 0.6 is 11.6 Å². The molecule has 1 saturated carbocycles. The molecular formula is C24H21ClN6O5S. The Morgan fingerprint density at radius 2 is 2.11 bits per heavy atom. The van der Waals surface area contributed by atoms with Gasteiger partial charge in [-0.25, -0.2) is 13.9 Å². The number of carbonyl (C=O) groups excluding carboxylic acids is 1. The SMILES string of the molecule is CNC(=O)C(n1nc(Cc2nc3cc(OCC4(C#N)CC4)c(Cl)cc3[nH]2)c2ccccc2c1=O)S(=O)O. The third-order valence-electron chi connectivity index (χ3n) is 6.30. The normalized spacial score (nSPS) is 15.7. The minimum Gasteiger partial charge on any atom is -0.490 e. The Labute approximate surface area is 217 Å². The third-order valence-corrected chi connectivity index (χ3v) is 7.39. The van der Waals surface area contributed by atoms with Gasteiger partial charge >= 0.3 is 0 Å². The summed E-state index contributed by atoms with van der Waals surface area (Å²) in [5.74, 6) is 0.0834. The molecule has 4 aromatic rings. The number of benzene rings is 2. The average molecular weight is 541 g/mol. The van der Waals surface area contributed by atoms with E-state index in [2.05, 4.69) is 26.5 Å². The van der Waals surface area contributed by atoms with Crippen molar-refractivity contribution in [3.05, 3.63) is 63.3 Å². The first-order valence-electron chi connectivity index (χ1n) is 11.3. The summed E-state index contributed by atoms with van der Waals surface area (Å²) >= 11 is 3.69. The number of hydrogen-bond acceptors (Lipinski definition) is 7. The molecule has 1 amide bonds. The molecule has 1 aliphatic carbocycles.